The number of phenols is 1. The molecule has 2 rings (SSSR count). The van der Waals surface area contributed by atoms with Crippen molar-refractivity contribution in [2.75, 3.05) is 10.6 Å². The van der Waals surface area contributed by atoms with Gasteiger partial charge in [0.1, 0.15) is 5.75 Å². The zero-order valence-electron chi connectivity index (χ0n) is 10.3. The fourth-order valence-electron chi connectivity index (χ4n) is 1.60. The predicted octanol–water partition coefficient (Wildman–Crippen LogP) is 4.00. The number of aromatic hydroxyl groups is 1. The first-order valence-electron chi connectivity index (χ1n) is 5.68. The predicted molar refractivity (Wildman–Crippen MR) is 76.9 cm³/mol. The first-order chi connectivity index (χ1) is 9.04. The van der Waals surface area contributed by atoms with E-state index in [0.29, 0.717) is 16.4 Å². The van der Waals surface area contributed by atoms with Crippen molar-refractivity contribution in [3.05, 3.63) is 53.1 Å². The molecule has 4 nitrogen and oxygen atoms in total. The third-order valence-corrected chi connectivity index (χ3v) is 2.79. The molecule has 0 radical (unpaired) electrons. The lowest BCUT2D eigenvalue weighted by Crippen LogP contribution is -2.19. The van der Waals surface area contributed by atoms with Gasteiger partial charge >= 0.3 is 6.03 Å². The molecule has 2 aromatic rings. The highest BCUT2D eigenvalue weighted by Crippen LogP contribution is 2.21. The molecule has 98 valence electrons. The number of carbonyl (C=O) groups excluding carboxylic acids is 1. The molecule has 0 unspecified atom stereocenters. The van der Waals surface area contributed by atoms with Crippen LogP contribution in [-0.2, 0) is 0 Å². The minimum Gasteiger partial charge on any atom is -0.508 e. The molecule has 0 saturated heterocycles. The molecule has 0 aromatic heterocycles. The minimum absolute atomic E-state index is 0.0942. The van der Waals surface area contributed by atoms with Gasteiger partial charge in [0.05, 0.1) is 0 Å². The Hall–Kier alpha value is -2.20. The van der Waals surface area contributed by atoms with Gasteiger partial charge in [0.2, 0.25) is 0 Å². The van der Waals surface area contributed by atoms with Crippen molar-refractivity contribution >= 4 is 29.0 Å². The molecule has 0 bridgehead atoms. The average Bonchev–Trinajstić information content (AvgIpc) is 2.34. The van der Waals surface area contributed by atoms with Gasteiger partial charge in [-0.2, -0.15) is 0 Å². The van der Waals surface area contributed by atoms with E-state index in [2.05, 4.69) is 10.6 Å². The molecule has 0 aliphatic heterocycles. The van der Waals surface area contributed by atoms with Gasteiger partial charge in [0, 0.05) is 22.5 Å². The molecule has 0 atom stereocenters. The van der Waals surface area contributed by atoms with Crippen LogP contribution in [0.2, 0.25) is 5.02 Å². The Bertz CT molecular complexity index is 614. The van der Waals surface area contributed by atoms with Crippen molar-refractivity contribution in [1.82, 2.24) is 0 Å². The normalized spacial score (nSPS) is 10.0. The van der Waals surface area contributed by atoms with Crippen LogP contribution in [0.1, 0.15) is 5.56 Å². The van der Waals surface area contributed by atoms with Crippen molar-refractivity contribution < 1.29 is 9.90 Å². The third-order valence-electron chi connectivity index (χ3n) is 2.55. The molecule has 2 aromatic carbocycles. The molecule has 3 N–H and O–H groups in total. The van der Waals surface area contributed by atoms with E-state index in [0.717, 1.165) is 5.56 Å². The summed E-state index contributed by atoms with van der Waals surface area (Å²) in [5, 5.41) is 15.2. The van der Waals surface area contributed by atoms with Gasteiger partial charge in [-0.1, -0.05) is 23.7 Å². The SMILES string of the molecule is Cc1ccc(Cl)cc1NC(=O)Nc1cccc(O)c1. The van der Waals surface area contributed by atoms with Crippen LogP contribution in [0.25, 0.3) is 0 Å². The zero-order valence-corrected chi connectivity index (χ0v) is 11.0. The second-order valence-electron chi connectivity index (χ2n) is 4.09. The molecule has 19 heavy (non-hydrogen) atoms. The summed E-state index contributed by atoms with van der Waals surface area (Å²) in [6.07, 6.45) is 0. The van der Waals surface area contributed by atoms with Gasteiger partial charge in [0.25, 0.3) is 0 Å². The van der Waals surface area contributed by atoms with Crippen LogP contribution in [0.5, 0.6) is 5.75 Å². The molecule has 0 aliphatic carbocycles. The zero-order chi connectivity index (χ0) is 13.8. The van der Waals surface area contributed by atoms with Gasteiger partial charge < -0.3 is 15.7 Å². The number of urea groups is 1. The Morgan fingerprint density at radius 1 is 1.16 bits per heavy atom. The van der Waals surface area contributed by atoms with E-state index in [-0.39, 0.29) is 5.75 Å². The maximum Gasteiger partial charge on any atom is 0.323 e. The lowest BCUT2D eigenvalue weighted by atomic mass is 10.2. The highest BCUT2D eigenvalue weighted by molar-refractivity contribution is 6.31. The lowest BCUT2D eigenvalue weighted by Gasteiger charge is -2.10. The highest BCUT2D eigenvalue weighted by Gasteiger charge is 2.05. The van der Waals surface area contributed by atoms with Crippen molar-refractivity contribution in [3.8, 4) is 5.75 Å². The second kappa shape index (κ2) is 5.63. The number of benzene rings is 2. The average molecular weight is 277 g/mol. The Labute approximate surface area is 116 Å². The molecule has 0 saturated carbocycles. The maximum absolute atomic E-state index is 11.8. The van der Waals surface area contributed by atoms with Crippen LogP contribution in [-0.4, -0.2) is 11.1 Å². The van der Waals surface area contributed by atoms with Crippen molar-refractivity contribution in [1.29, 1.82) is 0 Å². The van der Waals surface area contributed by atoms with E-state index < -0.39 is 6.03 Å². The van der Waals surface area contributed by atoms with Crippen LogP contribution < -0.4 is 10.6 Å². The van der Waals surface area contributed by atoms with Crippen molar-refractivity contribution in [2.45, 2.75) is 6.92 Å². The number of amides is 2. The van der Waals surface area contributed by atoms with E-state index in [9.17, 15) is 9.90 Å². The molecule has 0 spiro atoms. The summed E-state index contributed by atoms with van der Waals surface area (Å²) in [4.78, 5) is 11.8. The topological polar surface area (TPSA) is 61.4 Å². The minimum atomic E-state index is -0.393. The highest BCUT2D eigenvalue weighted by atomic mass is 35.5. The number of hydrogen-bond acceptors (Lipinski definition) is 2. The van der Waals surface area contributed by atoms with E-state index in [1.807, 2.05) is 13.0 Å². The summed E-state index contributed by atoms with van der Waals surface area (Å²) in [7, 11) is 0. The number of aryl methyl sites for hydroxylation is 1. The Balaban J connectivity index is 2.07. The van der Waals surface area contributed by atoms with Crippen molar-refractivity contribution in [2.24, 2.45) is 0 Å². The standard InChI is InChI=1S/C14H13ClN2O2/c1-9-5-6-10(15)7-13(9)17-14(19)16-11-3-2-4-12(18)8-11/h2-8,18H,1H3,(H2,16,17,19). The smallest absolute Gasteiger partial charge is 0.323 e. The fraction of sp³-hybridized carbons (Fsp3) is 0.0714. The Morgan fingerprint density at radius 2 is 1.95 bits per heavy atom. The largest absolute Gasteiger partial charge is 0.508 e. The first-order valence-corrected chi connectivity index (χ1v) is 6.05. The van der Waals surface area contributed by atoms with Crippen LogP contribution >= 0.6 is 11.6 Å². The molecular formula is C14H13ClN2O2. The van der Waals surface area contributed by atoms with Gasteiger partial charge in [-0.05, 0) is 36.8 Å². The number of rotatable bonds is 2. The molecule has 0 fully saturated rings. The summed E-state index contributed by atoms with van der Waals surface area (Å²) >= 11 is 5.88. The van der Waals surface area contributed by atoms with Crippen LogP contribution in [0.15, 0.2) is 42.5 Å². The summed E-state index contributed by atoms with van der Waals surface area (Å²) < 4.78 is 0. The van der Waals surface area contributed by atoms with E-state index >= 15 is 0 Å². The molecule has 5 heteroatoms. The lowest BCUT2D eigenvalue weighted by molar-refractivity contribution is 0.262. The Morgan fingerprint density at radius 3 is 2.68 bits per heavy atom. The quantitative estimate of drug-likeness (QED) is 0.776. The number of carbonyl (C=O) groups is 1. The molecule has 0 aliphatic rings. The van der Waals surface area contributed by atoms with Gasteiger partial charge in [-0.15, -0.1) is 0 Å². The monoisotopic (exact) mass is 276 g/mol. The second-order valence-corrected chi connectivity index (χ2v) is 4.53. The number of nitrogens with one attached hydrogen (secondary N) is 2. The number of anilines is 2. The van der Waals surface area contributed by atoms with E-state index in [1.54, 1.807) is 24.3 Å². The number of hydrogen-bond donors (Lipinski definition) is 3. The number of halogens is 1. The summed E-state index contributed by atoms with van der Waals surface area (Å²) in [6.45, 7) is 1.88. The maximum atomic E-state index is 11.8. The van der Waals surface area contributed by atoms with Crippen LogP contribution in [0.4, 0.5) is 16.2 Å². The Kier molecular flexibility index (Phi) is 3.92. The van der Waals surface area contributed by atoms with Crippen LogP contribution in [0.3, 0.4) is 0 Å². The number of phenolic OH excluding ortho intramolecular Hbond substituents is 1. The van der Waals surface area contributed by atoms with Gasteiger partial charge in [-0.3, -0.25) is 0 Å². The summed E-state index contributed by atoms with van der Waals surface area (Å²) in [6, 6.07) is 11.2. The fourth-order valence-corrected chi connectivity index (χ4v) is 1.77. The summed E-state index contributed by atoms with van der Waals surface area (Å²) in [5.74, 6) is 0.0942. The van der Waals surface area contributed by atoms with Gasteiger partial charge in [-0.25, -0.2) is 4.79 Å². The van der Waals surface area contributed by atoms with E-state index in [4.69, 9.17) is 11.6 Å². The van der Waals surface area contributed by atoms with E-state index in [1.165, 1.54) is 12.1 Å². The van der Waals surface area contributed by atoms with Gasteiger partial charge in [0.15, 0.2) is 0 Å². The molecular weight excluding hydrogens is 264 g/mol. The third kappa shape index (κ3) is 3.63. The van der Waals surface area contributed by atoms with Crippen molar-refractivity contribution in [3.63, 3.8) is 0 Å². The first kappa shape index (κ1) is 13.2. The molecule has 2 amide bonds. The molecule has 0 heterocycles. The van der Waals surface area contributed by atoms with Crippen LogP contribution in [0, 0.1) is 6.92 Å². The summed E-state index contributed by atoms with van der Waals surface area (Å²) in [5.41, 5.74) is 2.07.